The Morgan fingerprint density at radius 2 is 1.11 bits per heavy atom. The Balaban J connectivity index is 2.32. The predicted molar refractivity (Wildman–Crippen MR) is 55.4 cm³/mol. The molecular weight excluding hydrogens is 253 g/mol. The Morgan fingerprint density at radius 1 is 0.667 bits per heavy atom. The molecule has 1 aromatic rings. The maximum atomic E-state index is 13.4. The lowest BCUT2D eigenvalue weighted by atomic mass is 10.1. The van der Waals surface area contributed by atoms with E-state index in [1.165, 1.54) is 0 Å². The molecule has 1 aliphatic heterocycles. The van der Waals surface area contributed by atoms with Crippen LogP contribution in [0.2, 0.25) is 0 Å². The zero-order valence-electron chi connectivity index (χ0n) is 9.58. The van der Waals surface area contributed by atoms with E-state index in [2.05, 4.69) is 0 Å². The molecule has 1 nitrogen and oxygen atoms in total. The Labute approximate surface area is 101 Å². The molecule has 18 heavy (non-hydrogen) atoms. The number of likely N-dealkylation sites (tertiary alicyclic amines) is 1. The minimum atomic E-state index is -2.10. The third kappa shape index (κ3) is 2.34. The van der Waals surface area contributed by atoms with Gasteiger partial charge in [-0.3, -0.25) is 4.90 Å². The third-order valence-corrected chi connectivity index (χ3v) is 3.13. The Hall–Kier alpha value is -1.17. The van der Waals surface area contributed by atoms with Crippen molar-refractivity contribution in [3.8, 4) is 0 Å². The second-order valence-corrected chi connectivity index (χ2v) is 4.39. The maximum absolute atomic E-state index is 13.4. The van der Waals surface area contributed by atoms with Gasteiger partial charge in [-0.2, -0.15) is 0 Å². The van der Waals surface area contributed by atoms with Gasteiger partial charge in [0, 0.05) is 12.1 Å². The monoisotopic (exact) mass is 265 g/mol. The number of benzene rings is 1. The SMILES string of the molecule is Fc1c(F)c(F)c(CN2CCCCC2)c(F)c1F. The first kappa shape index (κ1) is 13.3. The molecule has 6 heteroatoms. The molecule has 0 bridgehead atoms. The highest BCUT2D eigenvalue weighted by Gasteiger charge is 2.26. The van der Waals surface area contributed by atoms with Crippen LogP contribution in [0.5, 0.6) is 0 Å². The molecule has 0 atom stereocenters. The van der Waals surface area contributed by atoms with E-state index in [1.54, 1.807) is 4.90 Å². The van der Waals surface area contributed by atoms with Crippen LogP contribution in [0.3, 0.4) is 0 Å². The molecule has 0 unspecified atom stereocenters. The maximum Gasteiger partial charge on any atom is 0.200 e. The van der Waals surface area contributed by atoms with Gasteiger partial charge in [-0.25, -0.2) is 22.0 Å². The van der Waals surface area contributed by atoms with Crippen LogP contribution in [0.15, 0.2) is 0 Å². The van der Waals surface area contributed by atoms with Gasteiger partial charge in [0.15, 0.2) is 23.3 Å². The lowest BCUT2D eigenvalue weighted by molar-refractivity contribution is 0.212. The van der Waals surface area contributed by atoms with Crippen molar-refractivity contribution in [3.05, 3.63) is 34.6 Å². The fourth-order valence-corrected chi connectivity index (χ4v) is 2.13. The number of rotatable bonds is 2. The van der Waals surface area contributed by atoms with Crippen LogP contribution in [0.1, 0.15) is 24.8 Å². The van der Waals surface area contributed by atoms with Crippen molar-refractivity contribution in [2.75, 3.05) is 13.1 Å². The lowest BCUT2D eigenvalue weighted by Crippen LogP contribution is -2.30. The molecule has 0 N–H and O–H groups in total. The highest BCUT2D eigenvalue weighted by Crippen LogP contribution is 2.25. The lowest BCUT2D eigenvalue weighted by Gasteiger charge is -2.26. The molecule has 1 saturated heterocycles. The summed E-state index contributed by atoms with van der Waals surface area (Å²) in [6.07, 6.45) is 2.76. The smallest absolute Gasteiger partial charge is 0.200 e. The molecule has 0 aromatic heterocycles. The molecule has 2 rings (SSSR count). The molecule has 0 radical (unpaired) electrons. The van der Waals surface area contributed by atoms with Crippen LogP contribution in [0.4, 0.5) is 22.0 Å². The Kier molecular flexibility index (Phi) is 3.85. The highest BCUT2D eigenvalue weighted by molar-refractivity contribution is 5.24. The van der Waals surface area contributed by atoms with Crippen molar-refractivity contribution in [1.29, 1.82) is 0 Å². The summed E-state index contributed by atoms with van der Waals surface area (Å²) in [5.41, 5.74) is -0.742. The second kappa shape index (κ2) is 5.22. The van der Waals surface area contributed by atoms with Gasteiger partial charge in [0.05, 0.1) is 0 Å². The number of halogens is 5. The van der Waals surface area contributed by atoms with E-state index in [0.29, 0.717) is 13.1 Å². The minimum absolute atomic E-state index is 0.244. The van der Waals surface area contributed by atoms with E-state index in [9.17, 15) is 22.0 Å². The summed E-state index contributed by atoms with van der Waals surface area (Å²) in [5.74, 6) is -9.30. The van der Waals surface area contributed by atoms with Crippen molar-refractivity contribution >= 4 is 0 Å². The number of piperidine rings is 1. The second-order valence-electron chi connectivity index (χ2n) is 4.39. The van der Waals surface area contributed by atoms with Gasteiger partial charge in [0.2, 0.25) is 5.82 Å². The molecule has 0 amide bonds. The summed E-state index contributed by atoms with van der Waals surface area (Å²) < 4.78 is 65.6. The normalized spacial score (nSPS) is 17.2. The fourth-order valence-electron chi connectivity index (χ4n) is 2.13. The van der Waals surface area contributed by atoms with Gasteiger partial charge in [0.25, 0.3) is 0 Å². The molecule has 1 aromatic carbocycles. The van der Waals surface area contributed by atoms with Crippen molar-refractivity contribution in [3.63, 3.8) is 0 Å². The van der Waals surface area contributed by atoms with Crippen LogP contribution in [0.25, 0.3) is 0 Å². The fraction of sp³-hybridized carbons (Fsp3) is 0.500. The average molecular weight is 265 g/mol. The van der Waals surface area contributed by atoms with E-state index >= 15 is 0 Å². The van der Waals surface area contributed by atoms with E-state index in [4.69, 9.17) is 0 Å². The molecule has 1 fully saturated rings. The first-order chi connectivity index (χ1) is 8.52. The standard InChI is InChI=1S/C12H12F5N/c13-8-7(6-18-4-2-1-3-5-18)9(14)11(16)12(17)10(8)15/h1-6H2. The summed E-state index contributed by atoms with van der Waals surface area (Å²) in [4.78, 5) is 1.70. The van der Waals surface area contributed by atoms with Gasteiger partial charge < -0.3 is 0 Å². The van der Waals surface area contributed by atoms with E-state index in [1.807, 2.05) is 0 Å². The number of hydrogen-bond acceptors (Lipinski definition) is 1. The number of nitrogens with zero attached hydrogens (tertiary/aromatic N) is 1. The van der Waals surface area contributed by atoms with Crippen molar-refractivity contribution in [2.45, 2.75) is 25.8 Å². The third-order valence-electron chi connectivity index (χ3n) is 3.13. The molecular formula is C12H12F5N. The van der Waals surface area contributed by atoms with Crippen LogP contribution in [-0.2, 0) is 6.54 Å². The average Bonchev–Trinajstić information content (AvgIpc) is 2.40. The van der Waals surface area contributed by atoms with E-state index in [-0.39, 0.29) is 6.54 Å². The van der Waals surface area contributed by atoms with Crippen molar-refractivity contribution in [1.82, 2.24) is 4.90 Å². The van der Waals surface area contributed by atoms with Crippen molar-refractivity contribution < 1.29 is 22.0 Å². The van der Waals surface area contributed by atoms with Gasteiger partial charge in [-0.05, 0) is 25.9 Å². The summed E-state index contributed by atoms with van der Waals surface area (Å²) in [7, 11) is 0. The predicted octanol–water partition coefficient (Wildman–Crippen LogP) is 3.37. The zero-order valence-corrected chi connectivity index (χ0v) is 9.58. The zero-order chi connectivity index (χ0) is 13.3. The molecule has 1 heterocycles. The first-order valence-corrected chi connectivity index (χ1v) is 5.75. The minimum Gasteiger partial charge on any atom is -0.299 e. The van der Waals surface area contributed by atoms with Crippen LogP contribution >= 0.6 is 0 Å². The van der Waals surface area contributed by atoms with Crippen LogP contribution < -0.4 is 0 Å². The first-order valence-electron chi connectivity index (χ1n) is 5.75. The summed E-state index contributed by atoms with van der Waals surface area (Å²) in [6, 6.07) is 0. The van der Waals surface area contributed by atoms with E-state index < -0.39 is 34.6 Å². The van der Waals surface area contributed by atoms with Gasteiger partial charge in [-0.1, -0.05) is 6.42 Å². The van der Waals surface area contributed by atoms with Gasteiger partial charge in [0.1, 0.15) is 0 Å². The molecule has 0 aliphatic carbocycles. The van der Waals surface area contributed by atoms with Crippen LogP contribution in [-0.4, -0.2) is 18.0 Å². The number of hydrogen-bond donors (Lipinski definition) is 0. The van der Waals surface area contributed by atoms with Crippen molar-refractivity contribution in [2.24, 2.45) is 0 Å². The highest BCUT2D eigenvalue weighted by atomic mass is 19.2. The van der Waals surface area contributed by atoms with Crippen LogP contribution in [0, 0.1) is 29.1 Å². The Bertz CT molecular complexity index is 425. The molecule has 100 valence electrons. The van der Waals surface area contributed by atoms with Gasteiger partial charge in [-0.15, -0.1) is 0 Å². The quantitative estimate of drug-likeness (QED) is 0.450. The topological polar surface area (TPSA) is 3.24 Å². The van der Waals surface area contributed by atoms with Gasteiger partial charge >= 0.3 is 0 Å². The molecule has 1 aliphatic rings. The Morgan fingerprint density at radius 3 is 1.61 bits per heavy atom. The molecule has 0 spiro atoms. The largest absolute Gasteiger partial charge is 0.299 e. The summed E-state index contributed by atoms with van der Waals surface area (Å²) in [5, 5.41) is 0. The summed E-state index contributed by atoms with van der Waals surface area (Å²) in [6.45, 7) is 0.977. The summed E-state index contributed by atoms with van der Waals surface area (Å²) >= 11 is 0. The van der Waals surface area contributed by atoms with E-state index in [0.717, 1.165) is 19.3 Å². The molecule has 0 saturated carbocycles.